The minimum atomic E-state index is -3.77. The van der Waals surface area contributed by atoms with E-state index < -0.39 is 15.8 Å². The molecule has 0 aliphatic heterocycles. The van der Waals surface area contributed by atoms with Gasteiger partial charge < -0.3 is 0 Å². The van der Waals surface area contributed by atoms with E-state index in [1.54, 1.807) is 20.8 Å². The number of aryl methyl sites for hydroxylation is 3. The molecule has 1 aromatic heterocycles. The number of hydrogen-bond donors (Lipinski definition) is 2. The second kappa shape index (κ2) is 4.65. The lowest BCUT2D eigenvalue weighted by molar-refractivity contribution is 0.600. The minimum Gasteiger partial charge on any atom is -0.281 e. The van der Waals surface area contributed by atoms with Gasteiger partial charge >= 0.3 is 0 Å². The van der Waals surface area contributed by atoms with Gasteiger partial charge in [0.1, 0.15) is 10.7 Å². The maximum Gasteiger partial charge on any atom is 0.265 e. The van der Waals surface area contributed by atoms with Crippen LogP contribution < -0.4 is 4.72 Å². The van der Waals surface area contributed by atoms with E-state index in [2.05, 4.69) is 14.9 Å². The van der Waals surface area contributed by atoms with Crippen molar-refractivity contribution < 1.29 is 12.8 Å². The Morgan fingerprint density at radius 1 is 1.26 bits per heavy atom. The van der Waals surface area contributed by atoms with Crippen LogP contribution in [0.5, 0.6) is 0 Å². The number of hydrogen-bond acceptors (Lipinski definition) is 3. The summed E-state index contributed by atoms with van der Waals surface area (Å²) in [6, 6.07) is 4.18. The summed E-state index contributed by atoms with van der Waals surface area (Å²) < 4.78 is 40.2. The fraction of sp³-hybridized carbons (Fsp3) is 0.250. The number of halogens is 1. The van der Waals surface area contributed by atoms with Gasteiger partial charge in [0.25, 0.3) is 10.0 Å². The van der Waals surface area contributed by atoms with Crippen molar-refractivity contribution in [3.8, 4) is 0 Å². The van der Waals surface area contributed by atoms with Crippen molar-refractivity contribution in [1.82, 2.24) is 10.2 Å². The molecule has 7 heteroatoms. The molecule has 2 aromatic rings. The first kappa shape index (κ1) is 13.5. The Hall–Kier alpha value is -1.89. The molecule has 0 atom stereocenters. The molecule has 0 radical (unpaired) electrons. The molecule has 19 heavy (non-hydrogen) atoms. The van der Waals surface area contributed by atoms with E-state index in [0.29, 0.717) is 17.0 Å². The Morgan fingerprint density at radius 2 is 1.95 bits per heavy atom. The third kappa shape index (κ3) is 2.60. The number of nitrogens with one attached hydrogen (secondary N) is 2. The normalized spacial score (nSPS) is 11.6. The molecular weight excluding hydrogens is 269 g/mol. The van der Waals surface area contributed by atoms with Gasteiger partial charge in [0.2, 0.25) is 0 Å². The Morgan fingerprint density at radius 3 is 2.47 bits per heavy atom. The average molecular weight is 283 g/mol. The lowest BCUT2D eigenvalue weighted by atomic mass is 10.2. The lowest BCUT2D eigenvalue weighted by Crippen LogP contribution is -2.14. The van der Waals surface area contributed by atoms with Gasteiger partial charge in [0, 0.05) is 0 Å². The summed E-state index contributed by atoms with van der Waals surface area (Å²) in [7, 11) is -3.77. The molecule has 5 nitrogen and oxygen atoms in total. The predicted molar refractivity (Wildman–Crippen MR) is 70.0 cm³/mol. The molecular formula is C12H14FN3O2S. The summed E-state index contributed by atoms with van der Waals surface area (Å²) in [4.78, 5) is 0.0912. The van der Waals surface area contributed by atoms with E-state index in [0.717, 1.165) is 6.07 Å². The topological polar surface area (TPSA) is 74.8 Å². The molecule has 2 N–H and O–H groups in total. The third-order valence-electron chi connectivity index (χ3n) is 2.75. The van der Waals surface area contributed by atoms with Crippen molar-refractivity contribution in [1.29, 1.82) is 0 Å². The second-order valence-corrected chi connectivity index (χ2v) is 5.95. The number of rotatable bonds is 3. The molecule has 0 amide bonds. The molecule has 0 saturated carbocycles. The SMILES string of the molecule is Cc1ccc(NS(=O)(=O)c2c(C)n[nH]c2C)cc1F. The second-order valence-electron chi connectivity index (χ2n) is 4.33. The molecule has 0 aliphatic carbocycles. The summed E-state index contributed by atoms with van der Waals surface area (Å²) in [5, 5.41) is 6.44. The number of benzene rings is 1. The van der Waals surface area contributed by atoms with Crippen molar-refractivity contribution in [2.24, 2.45) is 0 Å². The summed E-state index contributed by atoms with van der Waals surface area (Å²) in [5.74, 6) is -0.458. The number of sulfonamides is 1. The van der Waals surface area contributed by atoms with Crippen molar-refractivity contribution in [3.63, 3.8) is 0 Å². The van der Waals surface area contributed by atoms with Crippen LogP contribution in [0.1, 0.15) is 17.0 Å². The van der Waals surface area contributed by atoms with Crippen LogP contribution in [0.4, 0.5) is 10.1 Å². The fourth-order valence-electron chi connectivity index (χ4n) is 1.80. The van der Waals surface area contributed by atoms with Crippen LogP contribution in [0, 0.1) is 26.6 Å². The Kier molecular flexibility index (Phi) is 3.32. The van der Waals surface area contributed by atoms with Gasteiger partial charge in [-0.05, 0) is 38.5 Å². The van der Waals surface area contributed by atoms with Gasteiger partial charge in [0.05, 0.1) is 17.1 Å². The average Bonchev–Trinajstić information content (AvgIpc) is 2.64. The molecule has 2 rings (SSSR count). The standard InChI is InChI=1S/C12H14FN3O2S/c1-7-4-5-10(6-11(7)13)16-19(17,18)12-8(2)14-15-9(12)3/h4-6,16H,1-3H3,(H,14,15). The van der Waals surface area contributed by atoms with Crippen LogP contribution in [0.2, 0.25) is 0 Å². The minimum absolute atomic E-state index is 0.0912. The molecule has 1 aromatic carbocycles. The van der Waals surface area contributed by atoms with Crippen LogP contribution in [0.15, 0.2) is 23.1 Å². The van der Waals surface area contributed by atoms with Crippen LogP contribution in [-0.2, 0) is 10.0 Å². The first-order valence-electron chi connectivity index (χ1n) is 5.62. The van der Waals surface area contributed by atoms with Gasteiger partial charge in [-0.15, -0.1) is 0 Å². The predicted octanol–water partition coefficient (Wildman–Crippen LogP) is 2.27. The highest BCUT2D eigenvalue weighted by Crippen LogP contribution is 2.21. The van der Waals surface area contributed by atoms with Crippen molar-refractivity contribution >= 4 is 15.7 Å². The molecule has 0 unspecified atom stereocenters. The summed E-state index contributed by atoms with van der Waals surface area (Å²) in [6.45, 7) is 4.82. The summed E-state index contributed by atoms with van der Waals surface area (Å²) in [6.07, 6.45) is 0. The summed E-state index contributed by atoms with van der Waals surface area (Å²) in [5.41, 5.74) is 1.46. The van der Waals surface area contributed by atoms with E-state index in [1.165, 1.54) is 12.1 Å². The van der Waals surface area contributed by atoms with E-state index in [-0.39, 0.29) is 10.6 Å². The first-order valence-corrected chi connectivity index (χ1v) is 7.10. The van der Waals surface area contributed by atoms with Gasteiger partial charge in [0.15, 0.2) is 0 Å². The quantitative estimate of drug-likeness (QED) is 0.907. The molecule has 0 fully saturated rings. The molecule has 102 valence electrons. The highest BCUT2D eigenvalue weighted by Gasteiger charge is 2.22. The number of H-pyrrole nitrogens is 1. The monoisotopic (exact) mass is 283 g/mol. The molecule has 0 spiro atoms. The molecule has 0 bridgehead atoms. The lowest BCUT2D eigenvalue weighted by Gasteiger charge is -2.08. The molecule has 0 saturated heterocycles. The van der Waals surface area contributed by atoms with Crippen LogP contribution in [0.25, 0.3) is 0 Å². The Bertz CT molecular complexity index is 703. The zero-order chi connectivity index (χ0) is 14.2. The zero-order valence-electron chi connectivity index (χ0n) is 10.8. The number of aromatic amines is 1. The summed E-state index contributed by atoms with van der Waals surface area (Å²) >= 11 is 0. The maximum absolute atomic E-state index is 13.4. The van der Waals surface area contributed by atoms with E-state index in [1.807, 2.05) is 0 Å². The Labute approximate surface area is 110 Å². The Balaban J connectivity index is 2.39. The highest BCUT2D eigenvalue weighted by molar-refractivity contribution is 7.92. The fourth-order valence-corrected chi connectivity index (χ4v) is 3.22. The van der Waals surface area contributed by atoms with Crippen molar-refractivity contribution in [2.45, 2.75) is 25.7 Å². The van der Waals surface area contributed by atoms with E-state index in [4.69, 9.17) is 0 Å². The van der Waals surface area contributed by atoms with Crippen LogP contribution >= 0.6 is 0 Å². The molecule has 0 aliphatic rings. The van der Waals surface area contributed by atoms with E-state index >= 15 is 0 Å². The zero-order valence-corrected chi connectivity index (χ0v) is 11.6. The van der Waals surface area contributed by atoms with Gasteiger partial charge in [-0.1, -0.05) is 6.07 Å². The number of nitrogens with zero attached hydrogens (tertiary/aromatic N) is 1. The van der Waals surface area contributed by atoms with Crippen molar-refractivity contribution in [2.75, 3.05) is 4.72 Å². The smallest absolute Gasteiger partial charge is 0.265 e. The highest BCUT2D eigenvalue weighted by atomic mass is 32.2. The number of aromatic nitrogens is 2. The number of anilines is 1. The van der Waals surface area contributed by atoms with Crippen LogP contribution in [-0.4, -0.2) is 18.6 Å². The third-order valence-corrected chi connectivity index (χ3v) is 4.40. The van der Waals surface area contributed by atoms with Gasteiger partial charge in [-0.3, -0.25) is 9.82 Å². The van der Waals surface area contributed by atoms with Crippen molar-refractivity contribution in [3.05, 3.63) is 41.0 Å². The maximum atomic E-state index is 13.4. The molecule has 1 heterocycles. The van der Waals surface area contributed by atoms with Crippen LogP contribution in [0.3, 0.4) is 0 Å². The van der Waals surface area contributed by atoms with Gasteiger partial charge in [-0.25, -0.2) is 12.8 Å². The van der Waals surface area contributed by atoms with Gasteiger partial charge in [-0.2, -0.15) is 5.10 Å². The van der Waals surface area contributed by atoms with E-state index in [9.17, 15) is 12.8 Å². The first-order chi connectivity index (χ1) is 8.81. The largest absolute Gasteiger partial charge is 0.281 e.